The fraction of sp³-hybridized carbons (Fsp3) is 0.600. The van der Waals surface area contributed by atoms with E-state index in [2.05, 4.69) is 9.97 Å². The van der Waals surface area contributed by atoms with Gasteiger partial charge in [-0.05, 0) is 18.5 Å². The molecule has 6 heteroatoms. The molecule has 0 fully saturated rings. The largest absolute Gasteiger partial charge is 0.394 e. The Labute approximate surface area is 100 Å². The first-order chi connectivity index (χ1) is 7.63. The number of ether oxygens (including phenoxy) is 1. The highest BCUT2D eigenvalue weighted by Gasteiger charge is 2.05. The van der Waals surface area contributed by atoms with Gasteiger partial charge in [-0.1, -0.05) is 0 Å². The third-order valence-corrected chi connectivity index (χ3v) is 2.18. The molecule has 0 aromatic carbocycles. The van der Waals surface area contributed by atoms with Crippen LogP contribution in [0.25, 0.3) is 0 Å². The number of rotatable bonds is 6. The summed E-state index contributed by atoms with van der Waals surface area (Å²) in [5.74, 6) is 0.769. The molecule has 0 amide bonds. The average molecular weight is 246 g/mol. The Morgan fingerprint density at radius 3 is 2.81 bits per heavy atom. The van der Waals surface area contributed by atoms with Crippen molar-refractivity contribution in [2.45, 2.75) is 6.92 Å². The highest BCUT2D eigenvalue weighted by Crippen LogP contribution is 2.12. The van der Waals surface area contributed by atoms with E-state index in [1.807, 2.05) is 24.9 Å². The van der Waals surface area contributed by atoms with Gasteiger partial charge in [0.05, 0.1) is 19.8 Å². The molecular formula is C10H16ClN3O2. The van der Waals surface area contributed by atoms with Gasteiger partial charge in [-0.2, -0.15) is 0 Å². The van der Waals surface area contributed by atoms with Gasteiger partial charge >= 0.3 is 0 Å². The number of likely N-dealkylation sites (N-methyl/N-ethyl adjacent to an activating group) is 1. The van der Waals surface area contributed by atoms with Crippen LogP contribution in [0.4, 0.5) is 5.82 Å². The number of aliphatic hydroxyl groups excluding tert-OH is 1. The fourth-order valence-electron chi connectivity index (χ4n) is 1.19. The van der Waals surface area contributed by atoms with Crippen LogP contribution in [-0.4, -0.2) is 48.5 Å². The smallest absolute Gasteiger partial charge is 0.224 e. The Morgan fingerprint density at radius 1 is 1.44 bits per heavy atom. The summed E-state index contributed by atoms with van der Waals surface area (Å²) in [6.45, 7) is 3.50. The molecule has 5 nitrogen and oxygen atoms in total. The summed E-state index contributed by atoms with van der Waals surface area (Å²) in [4.78, 5) is 10.0. The fourth-order valence-corrected chi connectivity index (χ4v) is 1.41. The Hall–Kier alpha value is -0.910. The molecule has 1 N–H and O–H groups in total. The third-order valence-electron chi connectivity index (χ3n) is 2.01. The summed E-state index contributed by atoms with van der Waals surface area (Å²) in [6.07, 6.45) is 0. The molecule has 0 atom stereocenters. The lowest BCUT2D eigenvalue weighted by Crippen LogP contribution is -2.24. The molecule has 1 rings (SSSR count). The van der Waals surface area contributed by atoms with Gasteiger partial charge in [0.1, 0.15) is 5.82 Å². The normalized spacial score (nSPS) is 10.5. The van der Waals surface area contributed by atoms with Gasteiger partial charge in [0, 0.05) is 25.4 Å². The van der Waals surface area contributed by atoms with E-state index in [9.17, 15) is 0 Å². The van der Waals surface area contributed by atoms with Gasteiger partial charge in [0.15, 0.2) is 0 Å². The van der Waals surface area contributed by atoms with Crippen molar-refractivity contribution in [2.24, 2.45) is 0 Å². The van der Waals surface area contributed by atoms with Crippen LogP contribution in [0.15, 0.2) is 6.07 Å². The van der Waals surface area contributed by atoms with E-state index in [-0.39, 0.29) is 11.9 Å². The van der Waals surface area contributed by atoms with Crippen molar-refractivity contribution < 1.29 is 9.84 Å². The van der Waals surface area contributed by atoms with Gasteiger partial charge in [0.2, 0.25) is 5.28 Å². The van der Waals surface area contributed by atoms with Crippen molar-refractivity contribution in [2.75, 3.05) is 38.3 Å². The van der Waals surface area contributed by atoms with Crippen LogP contribution in [0.2, 0.25) is 5.28 Å². The van der Waals surface area contributed by atoms with Crippen LogP contribution < -0.4 is 4.90 Å². The second-order valence-electron chi connectivity index (χ2n) is 3.39. The summed E-state index contributed by atoms with van der Waals surface area (Å²) in [5.41, 5.74) is 0.832. The molecule has 1 aromatic heterocycles. The second-order valence-corrected chi connectivity index (χ2v) is 3.73. The zero-order valence-electron chi connectivity index (χ0n) is 9.48. The van der Waals surface area contributed by atoms with Crippen LogP contribution in [0.1, 0.15) is 5.69 Å². The summed E-state index contributed by atoms with van der Waals surface area (Å²) in [7, 11) is 1.90. The lowest BCUT2D eigenvalue weighted by molar-refractivity contribution is 0.0970. The van der Waals surface area contributed by atoms with Crippen molar-refractivity contribution in [3.63, 3.8) is 0 Å². The SMILES string of the molecule is Cc1cc(N(C)CCOCCO)nc(Cl)n1. The molecule has 0 aliphatic heterocycles. The number of aryl methyl sites for hydroxylation is 1. The predicted molar refractivity (Wildman–Crippen MR) is 63.0 cm³/mol. The molecular weight excluding hydrogens is 230 g/mol. The molecule has 0 aliphatic carbocycles. The first kappa shape index (κ1) is 13.2. The summed E-state index contributed by atoms with van der Waals surface area (Å²) in [5, 5.41) is 8.79. The maximum atomic E-state index is 8.54. The number of aromatic nitrogens is 2. The maximum Gasteiger partial charge on any atom is 0.224 e. The maximum absolute atomic E-state index is 8.54. The van der Waals surface area contributed by atoms with Crippen molar-refractivity contribution in [1.82, 2.24) is 9.97 Å². The summed E-state index contributed by atoms with van der Waals surface area (Å²) < 4.78 is 5.17. The van der Waals surface area contributed by atoms with E-state index in [4.69, 9.17) is 21.4 Å². The van der Waals surface area contributed by atoms with Crippen LogP contribution in [0, 0.1) is 6.92 Å². The van der Waals surface area contributed by atoms with Crippen molar-refractivity contribution in [1.29, 1.82) is 0 Å². The number of hydrogen-bond donors (Lipinski definition) is 1. The van der Waals surface area contributed by atoms with E-state index in [1.54, 1.807) is 0 Å². The lowest BCUT2D eigenvalue weighted by Gasteiger charge is -2.18. The first-order valence-corrected chi connectivity index (χ1v) is 5.42. The third kappa shape index (κ3) is 4.30. The highest BCUT2D eigenvalue weighted by molar-refractivity contribution is 6.28. The lowest BCUT2D eigenvalue weighted by atomic mass is 10.4. The number of halogens is 1. The molecule has 1 aromatic rings. The van der Waals surface area contributed by atoms with E-state index < -0.39 is 0 Å². The summed E-state index contributed by atoms with van der Waals surface area (Å²) in [6, 6.07) is 1.86. The van der Waals surface area contributed by atoms with E-state index in [0.29, 0.717) is 19.8 Å². The van der Waals surface area contributed by atoms with Crippen molar-refractivity contribution in [3.8, 4) is 0 Å². The molecule has 1 heterocycles. The van der Waals surface area contributed by atoms with Crippen LogP contribution in [0.5, 0.6) is 0 Å². The van der Waals surface area contributed by atoms with Crippen LogP contribution in [0.3, 0.4) is 0 Å². The number of hydrogen-bond acceptors (Lipinski definition) is 5. The molecule has 0 saturated heterocycles. The first-order valence-electron chi connectivity index (χ1n) is 5.04. The monoisotopic (exact) mass is 245 g/mol. The van der Waals surface area contributed by atoms with Gasteiger partial charge in [-0.25, -0.2) is 9.97 Å². The average Bonchev–Trinajstić information content (AvgIpc) is 2.22. The Bertz CT molecular complexity index is 316. The molecule has 90 valence electrons. The molecule has 0 aliphatic rings. The van der Waals surface area contributed by atoms with Crippen molar-refractivity contribution >= 4 is 17.4 Å². The van der Waals surface area contributed by atoms with Crippen LogP contribution >= 0.6 is 11.6 Å². The second kappa shape index (κ2) is 6.62. The van der Waals surface area contributed by atoms with E-state index in [0.717, 1.165) is 11.5 Å². The van der Waals surface area contributed by atoms with Gasteiger partial charge < -0.3 is 14.7 Å². The Morgan fingerprint density at radius 2 is 2.19 bits per heavy atom. The van der Waals surface area contributed by atoms with Crippen molar-refractivity contribution in [3.05, 3.63) is 17.0 Å². The zero-order valence-corrected chi connectivity index (χ0v) is 10.2. The molecule has 0 unspecified atom stereocenters. The number of anilines is 1. The standard InChI is InChI=1S/C10H16ClN3O2/c1-8-7-9(13-10(11)12-8)14(2)3-5-16-6-4-15/h7,15H,3-6H2,1-2H3. The highest BCUT2D eigenvalue weighted by atomic mass is 35.5. The number of aliphatic hydroxyl groups is 1. The Balaban J connectivity index is 2.48. The predicted octanol–water partition coefficient (Wildman–Crippen LogP) is 0.884. The Kier molecular flexibility index (Phi) is 5.45. The molecule has 0 radical (unpaired) electrons. The minimum atomic E-state index is 0.0438. The zero-order chi connectivity index (χ0) is 12.0. The van der Waals surface area contributed by atoms with E-state index in [1.165, 1.54) is 0 Å². The minimum Gasteiger partial charge on any atom is -0.394 e. The van der Waals surface area contributed by atoms with Gasteiger partial charge in [-0.3, -0.25) is 0 Å². The van der Waals surface area contributed by atoms with Gasteiger partial charge in [0.25, 0.3) is 0 Å². The quantitative estimate of drug-likeness (QED) is 0.596. The molecule has 0 saturated carbocycles. The summed E-state index contributed by atoms with van der Waals surface area (Å²) >= 11 is 5.76. The number of nitrogens with zero attached hydrogens (tertiary/aromatic N) is 3. The van der Waals surface area contributed by atoms with Crippen LogP contribution in [-0.2, 0) is 4.74 Å². The van der Waals surface area contributed by atoms with E-state index >= 15 is 0 Å². The molecule has 0 bridgehead atoms. The minimum absolute atomic E-state index is 0.0438. The topological polar surface area (TPSA) is 58.5 Å². The molecule has 0 spiro atoms. The van der Waals surface area contributed by atoms with Gasteiger partial charge in [-0.15, -0.1) is 0 Å². The molecule has 16 heavy (non-hydrogen) atoms.